The zero-order chi connectivity index (χ0) is 29.3. The molecule has 0 N–H and O–H groups in total. The van der Waals surface area contributed by atoms with E-state index in [0.717, 1.165) is 35.9 Å². The maximum absolute atomic E-state index is 15.3. The van der Waals surface area contributed by atoms with Gasteiger partial charge < -0.3 is 19.1 Å². The van der Waals surface area contributed by atoms with Crippen LogP contribution in [0, 0.1) is 5.82 Å². The first-order chi connectivity index (χ1) is 17.9. The van der Waals surface area contributed by atoms with Crippen molar-refractivity contribution in [3.05, 3.63) is 70.0 Å². The molecule has 212 valence electrons. The number of hydrogen-bond acceptors (Lipinski definition) is 5. The molecule has 0 radical (unpaired) electrons. The number of esters is 1. The summed E-state index contributed by atoms with van der Waals surface area (Å²) in [5, 5.41) is -0.0404. The van der Waals surface area contributed by atoms with Gasteiger partial charge in [-0.3, -0.25) is 4.79 Å². The lowest BCUT2D eigenvalue weighted by molar-refractivity contribution is -0.274. The lowest BCUT2D eigenvalue weighted by Crippen LogP contribution is -2.46. The Morgan fingerprint density at radius 3 is 2.26 bits per heavy atom. The fourth-order valence-corrected chi connectivity index (χ4v) is 4.24. The van der Waals surface area contributed by atoms with Crippen molar-refractivity contribution in [2.75, 3.05) is 7.05 Å². The molecule has 39 heavy (non-hydrogen) atoms. The number of carbonyl (C=O) groups is 2. The molecule has 1 aliphatic carbocycles. The van der Waals surface area contributed by atoms with Gasteiger partial charge in [-0.25, -0.2) is 9.18 Å². The van der Waals surface area contributed by atoms with Crippen LogP contribution in [-0.2, 0) is 16.1 Å². The number of halogens is 5. The van der Waals surface area contributed by atoms with E-state index in [1.54, 1.807) is 27.7 Å². The van der Waals surface area contributed by atoms with Gasteiger partial charge in [-0.2, -0.15) is 0 Å². The van der Waals surface area contributed by atoms with Gasteiger partial charge in [0.15, 0.2) is 6.04 Å². The Balaban J connectivity index is 1.86. The molecule has 0 aromatic heterocycles. The zero-order valence-corrected chi connectivity index (χ0v) is 23.0. The number of nitrogens with zero attached hydrogens (tertiary/aromatic N) is 1. The molecule has 0 heterocycles. The van der Waals surface area contributed by atoms with Gasteiger partial charge in [0, 0.05) is 18.1 Å². The lowest BCUT2D eigenvalue weighted by Gasteiger charge is -2.30. The SMILES string of the molecule is C=C(C)[C@@H](C(=O)OC(C)(C)C)N(C)C(=O)c1cc(C2CC2)c(COc2cc(Cl)cc(OC(F)(F)F)c2)cc1F. The third-order valence-electron chi connectivity index (χ3n) is 5.75. The summed E-state index contributed by atoms with van der Waals surface area (Å²) in [6.45, 7) is 10.3. The fraction of sp³-hybridized carbons (Fsp3) is 0.429. The van der Waals surface area contributed by atoms with Crippen molar-refractivity contribution in [2.45, 2.75) is 71.1 Å². The monoisotopic (exact) mass is 571 g/mol. The predicted octanol–water partition coefficient (Wildman–Crippen LogP) is 7.19. The third kappa shape index (κ3) is 8.36. The molecule has 1 fully saturated rings. The molecule has 0 aliphatic heterocycles. The minimum atomic E-state index is -4.91. The van der Waals surface area contributed by atoms with Crippen LogP contribution in [0.1, 0.15) is 67.9 Å². The molecule has 1 aliphatic rings. The Morgan fingerprint density at radius 2 is 1.72 bits per heavy atom. The van der Waals surface area contributed by atoms with Crippen LogP contribution < -0.4 is 9.47 Å². The van der Waals surface area contributed by atoms with Crippen molar-refractivity contribution in [1.29, 1.82) is 0 Å². The maximum Gasteiger partial charge on any atom is 0.573 e. The van der Waals surface area contributed by atoms with Gasteiger partial charge >= 0.3 is 12.3 Å². The molecule has 1 atom stereocenters. The van der Waals surface area contributed by atoms with Gasteiger partial charge in [0.2, 0.25) is 0 Å². The highest BCUT2D eigenvalue weighted by atomic mass is 35.5. The first-order valence-electron chi connectivity index (χ1n) is 12.1. The normalized spacial score (nSPS) is 14.4. The van der Waals surface area contributed by atoms with Crippen molar-refractivity contribution >= 4 is 23.5 Å². The second kappa shape index (κ2) is 11.5. The number of benzene rings is 2. The number of amides is 1. The Morgan fingerprint density at radius 1 is 1.10 bits per heavy atom. The topological polar surface area (TPSA) is 65.1 Å². The molecule has 1 amide bonds. The molecule has 6 nitrogen and oxygen atoms in total. The molecule has 2 aromatic rings. The maximum atomic E-state index is 15.3. The number of alkyl halides is 3. The summed E-state index contributed by atoms with van der Waals surface area (Å²) in [7, 11) is 1.37. The molecule has 11 heteroatoms. The number of ether oxygens (including phenoxy) is 3. The van der Waals surface area contributed by atoms with E-state index in [0.29, 0.717) is 16.7 Å². The minimum absolute atomic E-state index is 0.00884. The summed E-state index contributed by atoms with van der Waals surface area (Å²) in [4.78, 5) is 27.2. The zero-order valence-electron chi connectivity index (χ0n) is 22.2. The first kappa shape index (κ1) is 30.3. The minimum Gasteiger partial charge on any atom is -0.489 e. The van der Waals surface area contributed by atoms with Crippen LogP contribution in [0.2, 0.25) is 5.02 Å². The number of rotatable bonds is 9. The van der Waals surface area contributed by atoms with E-state index in [4.69, 9.17) is 21.1 Å². The van der Waals surface area contributed by atoms with Crippen LogP contribution in [0.5, 0.6) is 11.5 Å². The van der Waals surface area contributed by atoms with Crippen LogP contribution in [-0.4, -0.2) is 41.8 Å². The lowest BCUT2D eigenvalue weighted by atomic mass is 9.98. The molecular formula is C28H30ClF4NO5. The van der Waals surface area contributed by atoms with Crippen LogP contribution >= 0.6 is 11.6 Å². The quantitative estimate of drug-likeness (QED) is 0.181. The van der Waals surface area contributed by atoms with Gasteiger partial charge in [-0.1, -0.05) is 18.2 Å². The number of carbonyl (C=O) groups excluding carboxylic acids is 2. The van der Waals surface area contributed by atoms with Gasteiger partial charge in [-0.05, 0) is 87.4 Å². The van der Waals surface area contributed by atoms with E-state index >= 15 is 4.39 Å². The second-order valence-electron chi connectivity index (χ2n) is 10.5. The molecular weight excluding hydrogens is 542 g/mol. The highest BCUT2D eigenvalue weighted by molar-refractivity contribution is 6.30. The molecule has 2 aromatic carbocycles. The van der Waals surface area contributed by atoms with Crippen molar-refractivity contribution in [2.24, 2.45) is 0 Å². The second-order valence-corrected chi connectivity index (χ2v) is 10.9. The van der Waals surface area contributed by atoms with Crippen LogP contribution in [0.4, 0.5) is 17.6 Å². The Bertz CT molecular complexity index is 1270. The van der Waals surface area contributed by atoms with Gasteiger partial charge in [-0.15, -0.1) is 13.2 Å². The van der Waals surface area contributed by atoms with Crippen LogP contribution in [0.3, 0.4) is 0 Å². The van der Waals surface area contributed by atoms with Gasteiger partial charge in [0.05, 0.1) is 5.56 Å². The van der Waals surface area contributed by atoms with E-state index < -0.39 is 41.4 Å². The van der Waals surface area contributed by atoms with Crippen molar-refractivity contribution in [3.63, 3.8) is 0 Å². The molecule has 0 spiro atoms. The number of hydrogen-bond donors (Lipinski definition) is 0. The molecule has 0 unspecified atom stereocenters. The molecule has 1 saturated carbocycles. The van der Waals surface area contributed by atoms with Crippen molar-refractivity contribution < 1.29 is 41.4 Å². The summed E-state index contributed by atoms with van der Waals surface area (Å²) in [5.41, 5.74) is 0.413. The van der Waals surface area contributed by atoms with E-state index in [1.165, 1.54) is 19.2 Å². The van der Waals surface area contributed by atoms with Gasteiger partial charge in [0.25, 0.3) is 5.91 Å². The summed E-state index contributed by atoms with van der Waals surface area (Å²) in [6, 6.07) is 4.79. The van der Waals surface area contributed by atoms with Crippen molar-refractivity contribution in [1.82, 2.24) is 4.90 Å². The third-order valence-corrected chi connectivity index (χ3v) is 5.97. The average Bonchev–Trinajstić information content (AvgIpc) is 3.59. The Kier molecular flexibility index (Phi) is 8.89. The average molecular weight is 572 g/mol. The smallest absolute Gasteiger partial charge is 0.489 e. The Hall–Kier alpha value is -3.27. The summed E-state index contributed by atoms with van der Waals surface area (Å²) in [5.74, 6) is -2.76. The molecule has 3 rings (SSSR count). The number of likely N-dealkylation sites (N-methyl/N-ethyl adjacent to an activating group) is 1. The fourth-order valence-electron chi connectivity index (χ4n) is 4.02. The highest BCUT2D eigenvalue weighted by Gasteiger charge is 2.35. The summed E-state index contributed by atoms with van der Waals surface area (Å²) in [6.07, 6.45) is -3.28. The van der Waals surface area contributed by atoms with Crippen LogP contribution in [0.25, 0.3) is 0 Å². The van der Waals surface area contributed by atoms with Gasteiger partial charge in [0.1, 0.15) is 29.5 Å². The Labute approximate surface area is 229 Å². The molecule has 0 saturated heterocycles. The first-order valence-corrected chi connectivity index (χ1v) is 12.5. The molecule has 0 bridgehead atoms. The van der Waals surface area contributed by atoms with E-state index in [2.05, 4.69) is 11.3 Å². The van der Waals surface area contributed by atoms with E-state index in [9.17, 15) is 22.8 Å². The summed E-state index contributed by atoms with van der Waals surface area (Å²) >= 11 is 5.90. The van der Waals surface area contributed by atoms with Crippen LogP contribution in [0.15, 0.2) is 42.5 Å². The van der Waals surface area contributed by atoms with Crippen molar-refractivity contribution in [3.8, 4) is 11.5 Å². The van der Waals surface area contributed by atoms with E-state index in [-0.39, 0.29) is 28.9 Å². The highest BCUT2D eigenvalue weighted by Crippen LogP contribution is 2.43. The standard InChI is InChI=1S/C28H30ClF4NO5/c1-15(2)24(26(36)39-27(3,4)5)34(6)25(35)22-13-21(16-7-8-16)17(9-23(22)30)14-37-19-10-18(29)11-20(12-19)38-28(31,32)33/h9-13,16,24H,1,7-8,14H2,2-6H3/t24-/m0/s1. The largest absolute Gasteiger partial charge is 0.573 e. The van der Waals surface area contributed by atoms with E-state index in [1.807, 2.05) is 0 Å². The predicted molar refractivity (Wildman–Crippen MR) is 137 cm³/mol. The summed E-state index contributed by atoms with van der Waals surface area (Å²) < 4.78 is 68.1.